The number of ketones is 1. The van der Waals surface area contributed by atoms with Crippen LogP contribution in [0, 0.1) is 0 Å². The highest BCUT2D eigenvalue weighted by atomic mass is 16.6. The standard InChI is InChI=1S/C25H28N2O4/c1-21(26-31-20-24-15-7-4-8-16-24)11-9-17-27(18-10-12-22(2)28)25(29)30-19-23-13-5-3-6-14-23/h3-16H,17-20H2,1-2H3/b11-9+,12-10+,26-21+. The van der Waals surface area contributed by atoms with Crippen LogP contribution in [0.25, 0.3) is 0 Å². The highest BCUT2D eigenvalue weighted by Gasteiger charge is 2.12. The van der Waals surface area contributed by atoms with Crippen LogP contribution in [0.4, 0.5) is 4.79 Å². The van der Waals surface area contributed by atoms with Gasteiger partial charge in [-0.3, -0.25) is 4.79 Å². The molecule has 162 valence electrons. The van der Waals surface area contributed by atoms with E-state index in [1.54, 1.807) is 18.2 Å². The summed E-state index contributed by atoms with van der Waals surface area (Å²) in [7, 11) is 0. The number of allylic oxidation sites excluding steroid dienone is 2. The van der Waals surface area contributed by atoms with Crippen molar-refractivity contribution in [1.29, 1.82) is 0 Å². The molecule has 1 amide bonds. The zero-order valence-electron chi connectivity index (χ0n) is 17.9. The van der Waals surface area contributed by atoms with Gasteiger partial charge >= 0.3 is 6.09 Å². The number of carbonyl (C=O) groups is 2. The number of amides is 1. The molecule has 0 aliphatic carbocycles. The van der Waals surface area contributed by atoms with E-state index in [2.05, 4.69) is 5.16 Å². The predicted octanol–water partition coefficient (Wildman–Crippen LogP) is 4.92. The molecule has 0 unspecified atom stereocenters. The molecule has 31 heavy (non-hydrogen) atoms. The molecule has 0 saturated carbocycles. The molecule has 0 aromatic heterocycles. The van der Waals surface area contributed by atoms with Crippen LogP contribution in [0.3, 0.4) is 0 Å². The van der Waals surface area contributed by atoms with E-state index < -0.39 is 6.09 Å². The van der Waals surface area contributed by atoms with E-state index in [-0.39, 0.29) is 18.9 Å². The number of benzene rings is 2. The first kappa shape index (κ1) is 23.6. The number of hydrogen-bond acceptors (Lipinski definition) is 5. The maximum absolute atomic E-state index is 12.5. The van der Waals surface area contributed by atoms with Crippen LogP contribution >= 0.6 is 0 Å². The lowest BCUT2D eigenvalue weighted by Crippen LogP contribution is -2.32. The van der Waals surface area contributed by atoms with Crippen LogP contribution < -0.4 is 0 Å². The summed E-state index contributed by atoms with van der Waals surface area (Å²) in [5.41, 5.74) is 2.62. The summed E-state index contributed by atoms with van der Waals surface area (Å²) >= 11 is 0. The largest absolute Gasteiger partial charge is 0.445 e. The number of nitrogens with zero attached hydrogens (tertiary/aromatic N) is 2. The Morgan fingerprint density at radius 2 is 1.39 bits per heavy atom. The number of ether oxygens (including phenoxy) is 1. The van der Waals surface area contributed by atoms with Gasteiger partial charge in [0.1, 0.15) is 13.2 Å². The molecule has 0 fully saturated rings. The second-order valence-electron chi connectivity index (χ2n) is 6.85. The molecule has 0 spiro atoms. The molecule has 2 aromatic carbocycles. The molecule has 0 N–H and O–H groups in total. The molecule has 2 aromatic rings. The Kier molecular flexibility index (Phi) is 10.3. The molecular formula is C25H28N2O4. The summed E-state index contributed by atoms with van der Waals surface area (Å²) in [5, 5.41) is 4.06. The fraction of sp³-hybridized carbons (Fsp3) is 0.240. The van der Waals surface area contributed by atoms with Gasteiger partial charge in [-0.1, -0.05) is 78.0 Å². The molecule has 0 aliphatic rings. The van der Waals surface area contributed by atoms with Gasteiger partial charge in [0.25, 0.3) is 0 Å². The van der Waals surface area contributed by atoms with Gasteiger partial charge in [0.05, 0.1) is 5.71 Å². The third-order valence-electron chi connectivity index (χ3n) is 4.11. The predicted molar refractivity (Wildman–Crippen MR) is 122 cm³/mol. The van der Waals surface area contributed by atoms with Crippen molar-refractivity contribution in [2.45, 2.75) is 27.1 Å². The number of rotatable bonds is 11. The van der Waals surface area contributed by atoms with Crippen molar-refractivity contribution in [3.8, 4) is 0 Å². The van der Waals surface area contributed by atoms with E-state index in [1.807, 2.05) is 67.6 Å². The lowest BCUT2D eigenvalue weighted by Gasteiger charge is -2.19. The van der Waals surface area contributed by atoms with E-state index in [1.165, 1.54) is 17.9 Å². The second-order valence-corrected chi connectivity index (χ2v) is 6.85. The topological polar surface area (TPSA) is 68.2 Å². The molecule has 0 heterocycles. The normalized spacial score (nSPS) is 11.6. The first-order valence-corrected chi connectivity index (χ1v) is 10.0. The average Bonchev–Trinajstić information content (AvgIpc) is 2.77. The molecule has 2 rings (SSSR count). The van der Waals surface area contributed by atoms with Gasteiger partial charge < -0.3 is 14.5 Å². The lowest BCUT2D eigenvalue weighted by atomic mass is 10.2. The Hall–Kier alpha value is -3.67. The summed E-state index contributed by atoms with van der Waals surface area (Å²) in [5.74, 6) is -0.0771. The van der Waals surface area contributed by atoms with Crippen LogP contribution in [0.1, 0.15) is 25.0 Å². The van der Waals surface area contributed by atoms with Crippen molar-refractivity contribution in [2.24, 2.45) is 5.16 Å². The minimum absolute atomic E-state index is 0.0771. The summed E-state index contributed by atoms with van der Waals surface area (Å²) in [6.45, 7) is 4.42. The Morgan fingerprint density at radius 3 is 1.97 bits per heavy atom. The summed E-state index contributed by atoms with van der Waals surface area (Å²) < 4.78 is 5.40. The fourth-order valence-corrected chi connectivity index (χ4v) is 2.54. The highest BCUT2D eigenvalue weighted by Crippen LogP contribution is 2.04. The van der Waals surface area contributed by atoms with E-state index in [9.17, 15) is 9.59 Å². The summed E-state index contributed by atoms with van der Waals surface area (Å²) in [6, 6.07) is 19.2. The van der Waals surface area contributed by atoms with Gasteiger partial charge in [-0.2, -0.15) is 0 Å². The van der Waals surface area contributed by atoms with E-state index in [4.69, 9.17) is 9.57 Å². The molecule has 0 atom stereocenters. The number of hydrogen-bond donors (Lipinski definition) is 0. The van der Waals surface area contributed by atoms with Crippen molar-refractivity contribution >= 4 is 17.6 Å². The van der Waals surface area contributed by atoms with Gasteiger partial charge in [0.15, 0.2) is 5.78 Å². The van der Waals surface area contributed by atoms with Gasteiger partial charge in [0.2, 0.25) is 0 Å². The van der Waals surface area contributed by atoms with Crippen LogP contribution in [0.5, 0.6) is 0 Å². The smallest absolute Gasteiger partial charge is 0.410 e. The quantitative estimate of drug-likeness (QED) is 0.294. The first-order valence-electron chi connectivity index (χ1n) is 10.0. The van der Waals surface area contributed by atoms with E-state index in [0.717, 1.165) is 11.1 Å². The Balaban J connectivity index is 1.88. The Labute approximate surface area is 183 Å². The zero-order valence-corrected chi connectivity index (χ0v) is 17.9. The van der Waals surface area contributed by atoms with Crippen LogP contribution in [-0.4, -0.2) is 35.6 Å². The van der Waals surface area contributed by atoms with Gasteiger partial charge in [-0.15, -0.1) is 0 Å². The summed E-state index contributed by atoms with van der Waals surface area (Å²) in [4.78, 5) is 30.5. The van der Waals surface area contributed by atoms with Crippen molar-refractivity contribution in [1.82, 2.24) is 4.90 Å². The maximum atomic E-state index is 12.5. The van der Waals surface area contributed by atoms with E-state index >= 15 is 0 Å². The average molecular weight is 421 g/mol. The van der Waals surface area contributed by atoms with Crippen molar-refractivity contribution in [2.75, 3.05) is 13.1 Å². The molecule has 6 heteroatoms. The maximum Gasteiger partial charge on any atom is 0.410 e. The lowest BCUT2D eigenvalue weighted by molar-refractivity contribution is -0.112. The molecule has 0 saturated heterocycles. The van der Waals surface area contributed by atoms with Gasteiger partial charge in [0, 0.05) is 13.1 Å². The Bertz CT molecular complexity index is 906. The minimum Gasteiger partial charge on any atom is -0.445 e. The molecule has 0 aliphatic heterocycles. The zero-order chi connectivity index (χ0) is 22.3. The molecule has 6 nitrogen and oxygen atoms in total. The molecule has 0 bridgehead atoms. The minimum atomic E-state index is -0.461. The number of oxime groups is 1. The Morgan fingerprint density at radius 1 is 0.839 bits per heavy atom. The van der Waals surface area contributed by atoms with Crippen molar-refractivity contribution < 1.29 is 19.2 Å². The molecule has 0 radical (unpaired) electrons. The van der Waals surface area contributed by atoms with Gasteiger partial charge in [-0.05, 0) is 37.1 Å². The SMILES string of the molecule is CC(=O)/C=C/CN(C/C=C/C(C)=N/OCc1ccccc1)C(=O)OCc1ccccc1. The third kappa shape index (κ3) is 10.1. The fourth-order valence-electron chi connectivity index (χ4n) is 2.54. The van der Waals surface area contributed by atoms with E-state index in [0.29, 0.717) is 18.9 Å². The van der Waals surface area contributed by atoms with Crippen LogP contribution in [0.2, 0.25) is 0 Å². The van der Waals surface area contributed by atoms with Crippen LogP contribution in [0.15, 0.2) is 90.1 Å². The van der Waals surface area contributed by atoms with Gasteiger partial charge in [-0.25, -0.2) is 4.79 Å². The van der Waals surface area contributed by atoms with Crippen LogP contribution in [-0.2, 0) is 27.6 Å². The van der Waals surface area contributed by atoms with Crippen molar-refractivity contribution in [3.05, 3.63) is 96.1 Å². The highest BCUT2D eigenvalue weighted by molar-refractivity contribution is 5.92. The second kappa shape index (κ2) is 13.5. The van der Waals surface area contributed by atoms with Crippen molar-refractivity contribution in [3.63, 3.8) is 0 Å². The molecular weight excluding hydrogens is 392 g/mol. The third-order valence-corrected chi connectivity index (χ3v) is 4.11. The summed E-state index contributed by atoms with van der Waals surface area (Å²) in [6.07, 6.45) is 6.19. The monoisotopic (exact) mass is 420 g/mol. The first-order chi connectivity index (χ1) is 15.0. The number of carbonyl (C=O) groups excluding carboxylic acids is 2.